The number of likely N-dealkylation sites (tertiary alicyclic amines) is 1. The standard InChI is InChI=1S/C18H23F3N2OS/c1-13-7-10-23(17(24)12-22-8-3-2-4-9-22)15-11-14(18(19,20)21)5-6-16(15)25-13/h5-6,11,13H,2-4,7-10,12H2,1H3. The molecule has 25 heavy (non-hydrogen) atoms. The van der Waals surface area contributed by atoms with Crippen LogP contribution in [0.2, 0.25) is 0 Å². The predicted octanol–water partition coefficient (Wildman–Crippen LogP) is 4.41. The SMILES string of the molecule is CC1CCN(C(=O)CN2CCCCC2)c2cc(C(F)(F)F)ccc2S1. The Labute approximate surface area is 150 Å². The number of nitrogens with zero attached hydrogens (tertiary/aromatic N) is 2. The summed E-state index contributed by atoms with van der Waals surface area (Å²) in [6, 6.07) is 3.75. The number of benzene rings is 1. The molecule has 7 heteroatoms. The van der Waals surface area contributed by atoms with Crippen LogP contribution >= 0.6 is 11.8 Å². The van der Waals surface area contributed by atoms with Gasteiger partial charge in [0, 0.05) is 16.7 Å². The third kappa shape index (κ3) is 4.50. The van der Waals surface area contributed by atoms with Gasteiger partial charge in [-0.1, -0.05) is 13.3 Å². The molecule has 138 valence electrons. The number of hydrogen-bond donors (Lipinski definition) is 0. The zero-order valence-corrected chi connectivity index (χ0v) is 15.1. The van der Waals surface area contributed by atoms with Gasteiger partial charge in [0.15, 0.2) is 0 Å². The number of fused-ring (bicyclic) bond motifs is 1. The minimum absolute atomic E-state index is 0.0998. The summed E-state index contributed by atoms with van der Waals surface area (Å²) in [4.78, 5) is 17.3. The maximum atomic E-state index is 13.1. The van der Waals surface area contributed by atoms with E-state index in [1.165, 1.54) is 12.5 Å². The van der Waals surface area contributed by atoms with Crippen LogP contribution in [0.1, 0.15) is 38.2 Å². The third-order valence-electron chi connectivity index (χ3n) is 4.77. The first-order valence-corrected chi connectivity index (χ1v) is 9.63. The molecule has 1 amide bonds. The first kappa shape index (κ1) is 18.6. The van der Waals surface area contributed by atoms with Crippen LogP contribution in [0.25, 0.3) is 0 Å². The molecule has 1 saturated heterocycles. The summed E-state index contributed by atoms with van der Waals surface area (Å²) < 4.78 is 39.4. The molecule has 0 aliphatic carbocycles. The highest BCUT2D eigenvalue weighted by atomic mass is 32.2. The van der Waals surface area contributed by atoms with E-state index in [1.54, 1.807) is 16.7 Å². The smallest absolute Gasteiger partial charge is 0.310 e. The number of piperidine rings is 1. The average Bonchev–Trinajstić information content (AvgIpc) is 2.72. The molecule has 0 spiro atoms. The summed E-state index contributed by atoms with van der Waals surface area (Å²) >= 11 is 1.54. The fraction of sp³-hybridized carbons (Fsp3) is 0.611. The van der Waals surface area contributed by atoms with Crippen molar-refractivity contribution in [3.05, 3.63) is 23.8 Å². The van der Waals surface area contributed by atoms with Crippen LogP contribution in [-0.4, -0.2) is 42.2 Å². The number of anilines is 1. The molecule has 2 aliphatic heterocycles. The molecule has 1 fully saturated rings. The Kier molecular flexibility index (Phi) is 5.63. The summed E-state index contributed by atoms with van der Waals surface area (Å²) in [5, 5.41) is 0.267. The maximum absolute atomic E-state index is 13.1. The van der Waals surface area contributed by atoms with Gasteiger partial charge in [-0.05, 0) is 50.6 Å². The van der Waals surface area contributed by atoms with E-state index in [0.717, 1.165) is 49.4 Å². The fourth-order valence-electron chi connectivity index (χ4n) is 3.36. The van der Waals surface area contributed by atoms with Gasteiger partial charge >= 0.3 is 6.18 Å². The van der Waals surface area contributed by atoms with E-state index in [9.17, 15) is 18.0 Å². The molecule has 0 bridgehead atoms. The van der Waals surface area contributed by atoms with E-state index in [0.29, 0.717) is 12.2 Å². The Morgan fingerprint density at radius 3 is 2.60 bits per heavy atom. The molecule has 1 aromatic rings. The van der Waals surface area contributed by atoms with Crippen molar-refractivity contribution in [1.29, 1.82) is 0 Å². The van der Waals surface area contributed by atoms with Gasteiger partial charge in [0.1, 0.15) is 0 Å². The quantitative estimate of drug-likeness (QED) is 0.768. The van der Waals surface area contributed by atoms with E-state index in [1.807, 2.05) is 6.92 Å². The first-order valence-electron chi connectivity index (χ1n) is 8.75. The van der Waals surface area contributed by atoms with Crippen LogP contribution in [0.4, 0.5) is 18.9 Å². The van der Waals surface area contributed by atoms with Gasteiger partial charge in [0.2, 0.25) is 5.91 Å². The van der Waals surface area contributed by atoms with Crippen molar-refractivity contribution in [2.24, 2.45) is 0 Å². The molecular weight excluding hydrogens is 349 g/mol. The van der Waals surface area contributed by atoms with Crippen molar-refractivity contribution < 1.29 is 18.0 Å². The lowest BCUT2D eigenvalue weighted by Crippen LogP contribution is -2.43. The number of amides is 1. The Hall–Kier alpha value is -1.21. The molecule has 2 heterocycles. The van der Waals surface area contributed by atoms with Crippen molar-refractivity contribution in [1.82, 2.24) is 4.90 Å². The molecule has 2 aliphatic rings. The topological polar surface area (TPSA) is 23.6 Å². The van der Waals surface area contributed by atoms with E-state index >= 15 is 0 Å². The number of halogens is 3. The highest BCUT2D eigenvalue weighted by Gasteiger charge is 2.33. The number of carbonyl (C=O) groups excluding carboxylic acids is 1. The van der Waals surface area contributed by atoms with Gasteiger partial charge in [0.05, 0.1) is 17.8 Å². The Bertz CT molecular complexity index is 629. The third-order valence-corrected chi connectivity index (χ3v) is 6.01. The number of carbonyl (C=O) groups is 1. The lowest BCUT2D eigenvalue weighted by molar-refractivity contribution is -0.137. The predicted molar refractivity (Wildman–Crippen MR) is 94.0 cm³/mol. The Morgan fingerprint density at radius 1 is 1.20 bits per heavy atom. The molecule has 0 saturated carbocycles. The molecule has 0 radical (unpaired) electrons. The summed E-state index contributed by atoms with van der Waals surface area (Å²) in [6.07, 6.45) is -0.296. The Balaban J connectivity index is 1.87. The minimum atomic E-state index is -4.40. The van der Waals surface area contributed by atoms with Crippen LogP contribution in [0.5, 0.6) is 0 Å². The number of alkyl halides is 3. The molecule has 1 aromatic carbocycles. The van der Waals surface area contributed by atoms with Crippen LogP contribution < -0.4 is 4.90 Å². The zero-order valence-electron chi connectivity index (χ0n) is 14.3. The van der Waals surface area contributed by atoms with E-state index in [4.69, 9.17) is 0 Å². The van der Waals surface area contributed by atoms with Crippen molar-refractivity contribution in [2.45, 2.75) is 48.9 Å². The van der Waals surface area contributed by atoms with Crippen molar-refractivity contribution >= 4 is 23.4 Å². The number of hydrogen-bond acceptors (Lipinski definition) is 3. The highest BCUT2D eigenvalue weighted by molar-refractivity contribution is 8.00. The molecule has 1 unspecified atom stereocenters. The van der Waals surface area contributed by atoms with Gasteiger partial charge in [-0.15, -0.1) is 11.8 Å². The second-order valence-electron chi connectivity index (χ2n) is 6.78. The zero-order chi connectivity index (χ0) is 18.0. The second-order valence-corrected chi connectivity index (χ2v) is 8.26. The van der Waals surface area contributed by atoms with E-state index < -0.39 is 11.7 Å². The fourth-order valence-corrected chi connectivity index (χ4v) is 4.46. The van der Waals surface area contributed by atoms with Crippen molar-refractivity contribution in [2.75, 3.05) is 31.1 Å². The molecule has 0 aromatic heterocycles. The summed E-state index contributed by atoms with van der Waals surface area (Å²) in [6.45, 7) is 4.58. The largest absolute Gasteiger partial charge is 0.416 e. The monoisotopic (exact) mass is 372 g/mol. The first-order chi connectivity index (χ1) is 11.8. The molecular formula is C18H23F3N2OS. The molecule has 3 nitrogen and oxygen atoms in total. The van der Waals surface area contributed by atoms with Crippen LogP contribution in [0, 0.1) is 0 Å². The van der Waals surface area contributed by atoms with Crippen molar-refractivity contribution in [3.63, 3.8) is 0 Å². The summed E-state index contributed by atoms with van der Waals surface area (Å²) in [5.74, 6) is -0.0998. The van der Waals surface area contributed by atoms with Gasteiger partial charge < -0.3 is 4.90 Å². The van der Waals surface area contributed by atoms with E-state index in [-0.39, 0.29) is 17.7 Å². The van der Waals surface area contributed by atoms with Crippen molar-refractivity contribution in [3.8, 4) is 0 Å². The normalized spacial score (nSPS) is 22.4. The minimum Gasteiger partial charge on any atom is -0.310 e. The van der Waals surface area contributed by atoms with Crippen LogP contribution in [-0.2, 0) is 11.0 Å². The summed E-state index contributed by atoms with van der Waals surface area (Å²) in [7, 11) is 0. The number of thioether (sulfide) groups is 1. The van der Waals surface area contributed by atoms with Gasteiger partial charge in [0.25, 0.3) is 0 Å². The lowest BCUT2D eigenvalue weighted by Gasteiger charge is -2.30. The summed E-state index contributed by atoms with van der Waals surface area (Å²) in [5.41, 5.74) is -0.289. The highest BCUT2D eigenvalue weighted by Crippen LogP contribution is 2.41. The number of rotatable bonds is 2. The van der Waals surface area contributed by atoms with Gasteiger partial charge in [-0.25, -0.2) is 0 Å². The second kappa shape index (κ2) is 7.58. The maximum Gasteiger partial charge on any atom is 0.416 e. The van der Waals surface area contributed by atoms with Gasteiger partial charge in [-0.3, -0.25) is 9.69 Å². The molecule has 3 rings (SSSR count). The lowest BCUT2D eigenvalue weighted by atomic mass is 10.1. The van der Waals surface area contributed by atoms with Crippen LogP contribution in [0.3, 0.4) is 0 Å². The molecule has 1 atom stereocenters. The average molecular weight is 372 g/mol. The van der Waals surface area contributed by atoms with Crippen LogP contribution in [0.15, 0.2) is 23.1 Å². The van der Waals surface area contributed by atoms with Gasteiger partial charge in [-0.2, -0.15) is 13.2 Å². The molecule has 0 N–H and O–H groups in total. The van der Waals surface area contributed by atoms with E-state index in [2.05, 4.69) is 4.90 Å². The Morgan fingerprint density at radius 2 is 1.92 bits per heavy atom.